The van der Waals surface area contributed by atoms with Crippen LogP contribution in [0.5, 0.6) is 0 Å². The minimum absolute atomic E-state index is 0.447. The maximum atomic E-state index is 5.83. The highest BCUT2D eigenvalue weighted by Gasteiger charge is 2.03. The van der Waals surface area contributed by atoms with Crippen molar-refractivity contribution in [3.63, 3.8) is 0 Å². The maximum absolute atomic E-state index is 5.83. The number of nitrogens with one attached hydrogen (secondary N) is 1. The van der Waals surface area contributed by atoms with E-state index >= 15 is 0 Å². The molecule has 0 radical (unpaired) electrons. The molecule has 72 valence electrons. The van der Waals surface area contributed by atoms with Crippen LogP contribution in [0.15, 0.2) is 18.3 Å². The minimum Gasteiger partial charge on any atom is -0.307 e. The highest BCUT2D eigenvalue weighted by atomic mass is 35.5. The predicted octanol–water partition coefficient (Wildman–Crippen LogP) is 2.22. The summed E-state index contributed by atoms with van der Waals surface area (Å²) in [5.74, 6) is 5.68. The zero-order valence-electron chi connectivity index (χ0n) is 6.96. The molecule has 14 heavy (non-hydrogen) atoms. The molecule has 0 saturated heterocycles. The molecule has 4 nitrogen and oxygen atoms in total. The van der Waals surface area contributed by atoms with E-state index in [0.717, 1.165) is 0 Å². The first kappa shape index (κ1) is 9.45. The lowest BCUT2D eigenvalue weighted by atomic mass is 10.3. The van der Waals surface area contributed by atoms with Gasteiger partial charge in [-0.1, -0.05) is 23.2 Å². The van der Waals surface area contributed by atoms with Crippen LogP contribution >= 0.6 is 23.2 Å². The third-order valence-corrected chi connectivity index (χ3v) is 2.45. The molecule has 0 bridgehead atoms. The van der Waals surface area contributed by atoms with Gasteiger partial charge in [-0.3, -0.25) is 4.98 Å². The second-order valence-electron chi connectivity index (χ2n) is 2.65. The predicted molar refractivity (Wildman–Crippen MR) is 57.4 cm³/mol. The maximum Gasteiger partial charge on any atom is 0.159 e. The molecule has 0 amide bonds. The molecule has 0 aliphatic carbocycles. The van der Waals surface area contributed by atoms with Gasteiger partial charge in [-0.05, 0) is 12.1 Å². The van der Waals surface area contributed by atoms with Crippen molar-refractivity contribution in [1.82, 2.24) is 9.97 Å². The molecule has 0 aliphatic rings. The van der Waals surface area contributed by atoms with E-state index in [0.29, 0.717) is 26.9 Å². The molecule has 2 rings (SSSR count). The summed E-state index contributed by atoms with van der Waals surface area (Å²) in [6, 6.07) is 3.31. The highest BCUT2D eigenvalue weighted by Crippen LogP contribution is 2.26. The summed E-state index contributed by atoms with van der Waals surface area (Å²) in [6.45, 7) is 0. The summed E-state index contributed by atoms with van der Waals surface area (Å²) in [5.41, 5.74) is 3.73. The molecule has 1 heterocycles. The Morgan fingerprint density at radius 3 is 2.43 bits per heavy atom. The lowest BCUT2D eigenvalue weighted by molar-refractivity contribution is 1.22. The molecule has 0 saturated carbocycles. The van der Waals surface area contributed by atoms with Crippen LogP contribution in [0.1, 0.15) is 0 Å². The van der Waals surface area contributed by atoms with Gasteiger partial charge in [-0.25, -0.2) is 10.8 Å². The number of nitrogens with zero attached hydrogens (tertiary/aromatic N) is 2. The van der Waals surface area contributed by atoms with Crippen molar-refractivity contribution in [2.45, 2.75) is 0 Å². The van der Waals surface area contributed by atoms with Crippen molar-refractivity contribution in [3.05, 3.63) is 28.4 Å². The molecule has 0 spiro atoms. The van der Waals surface area contributed by atoms with Crippen LogP contribution in [0.25, 0.3) is 11.0 Å². The number of halogens is 2. The van der Waals surface area contributed by atoms with Crippen molar-refractivity contribution in [3.8, 4) is 0 Å². The van der Waals surface area contributed by atoms with Crippen molar-refractivity contribution < 1.29 is 0 Å². The van der Waals surface area contributed by atoms with Gasteiger partial charge in [0.05, 0.1) is 27.3 Å². The van der Waals surface area contributed by atoms with Gasteiger partial charge in [0.1, 0.15) is 0 Å². The van der Waals surface area contributed by atoms with E-state index < -0.39 is 0 Å². The molecule has 0 unspecified atom stereocenters. The average molecular weight is 229 g/mol. The fraction of sp³-hybridized carbons (Fsp3) is 0. The van der Waals surface area contributed by atoms with Crippen LogP contribution < -0.4 is 11.3 Å². The van der Waals surface area contributed by atoms with Crippen molar-refractivity contribution in [2.24, 2.45) is 5.84 Å². The van der Waals surface area contributed by atoms with Gasteiger partial charge >= 0.3 is 0 Å². The first-order valence-electron chi connectivity index (χ1n) is 3.79. The molecule has 0 atom stereocenters. The van der Waals surface area contributed by atoms with Crippen LogP contribution in [-0.4, -0.2) is 9.97 Å². The molecule has 0 fully saturated rings. The van der Waals surface area contributed by atoms with Gasteiger partial charge in [0, 0.05) is 0 Å². The Bertz CT molecular complexity index is 486. The van der Waals surface area contributed by atoms with E-state index in [4.69, 9.17) is 29.0 Å². The van der Waals surface area contributed by atoms with E-state index in [9.17, 15) is 0 Å². The smallest absolute Gasteiger partial charge is 0.159 e. The van der Waals surface area contributed by atoms with Gasteiger partial charge in [0.15, 0.2) is 5.82 Å². The number of hydrogen-bond acceptors (Lipinski definition) is 4. The monoisotopic (exact) mass is 228 g/mol. The van der Waals surface area contributed by atoms with Gasteiger partial charge in [0.2, 0.25) is 0 Å². The van der Waals surface area contributed by atoms with Gasteiger partial charge in [-0.2, -0.15) is 0 Å². The van der Waals surface area contributed by atoms with E-state index in [1.165, 1.54) is 6.20 Å². The summed E-state index contributed by atoms with van der Waals surface area (Å²) in [7, 11) is 0. The van der Waals surface area contributed by atoms with Gasteiger partial charge in [0.25, 0.3) is 0 Å². The summed E-state index contributed by atoms with van der Waals surface area (Å²) in [5, 5.41) is 0.907. The summed E-state index contributed by atoms with van der Waals surface area (Å²) >= 11 is 11.7. The molecule has 1 aromatic carbocycles. The molecule has 0 aliphatic heterocycles. The number of nitrogen functional groups attached to an aromatic ring is 1. The Hall–Kier alpha value is -1.10. The van der Waals surface area contributed by atoms with Crippen molar-refractivity contribution in [1.29, 1.82) is 0 Å². The molecular formula is C8H6Cl2N4. The zero-order valence-corrected chi connectivity index (χ0v) is 8.47. The lowest BCUT2D eigenvalue weighted by Crippen LogP contribution is -2.08. The summed E-state index contributed by atoms with van der Waals surface area (Å²) in [6.07, 6.45) is 1.52. The Labute approximate surface area is 90.0 Å². The number of hydrazine groups is 1. The van der Waals surface area contributed by atoms with Crippen molar-refractivity contribution in [2.75, 3.05) is 5.43 Å². The molecule has 2 aromatic rings. The molecule has 3 N–H and O–H groups in total. The number of fused-ring (bicyclic) bond motifs is 1. The Morgan fingerprint density at radius 1 is 1.14 bits per heavy atom. The molecule has 6 heteroatoms. The fourth-order valence-corrected chi connectivity index (χ4v) is 1.39. The van der Waals surface area contributed by atoms with Crippen LogP contribution in [0.4, 0.5) is 5.82 Å². The van der Waals surface area contributed by atoms with E-state index in [1.54, 1.807) is 12.1 Å². The number of anilines is 1. The number of nitrogens with two attached hydrogens (primary N) is 1. The Balaban J connectivity index is 2.70. The Morgan fingerprint density at radius 2 is 1.79 bits per heavy atom. The summed E-state index contributed by atoms with van der Waals surface area (Å²) in [4.78, 5) is 8.26. The standard InChI is InChI=1S/C8H6Cl2N4/c9-4-1-6-7(2-5(4)10)13-8(14-11)3-12-6/h1-3H,11H2,(H,13,14). The highest BCUT2D eigenvalue weighted by molar-refractivity contribution is 6.42. The largest absolute Gasteiger partial charge is 0.307 e. The van der Waals surface area contributed by atoms with Gasteiger partial charge in [-0.15, -0.1) is 0 Å². The normalized spacial score (nSPS) is 10.5. The van der Waals surface area contributed by atoms with E-state index in [2.05, 4.69) is 15.4 Å². The van der Waals surface area contributed by atoms with Crippen LogP contribution in [0.3, 0.4) is 0 Å². The minimum atomic E-state index is 0.447. The van der Waals surface area contributed by atoms with Gasteiger partial charge < -0.3 is 5.43 Å². The second kappa shape index (κ2) is 3.57. The second-order valence-corrected chi connectivity index (χ2v) is 3.47. The SMILES string of the molecule is NNc1cnc2cc(Cl)c(Cl)cc2n1. The topological polar surface area (TPSA) is 63.8 Å². The quantitative estimate of drug-likeness (QED) is 0.581. The van der Waals surface area contributed by atoms with Crippen LogP contribution in [-0.2, 0) is 0 Å². The zero-order chi connectivity index (χ0) is 10.1. The van der Waals surface area contributed by atoms with E-state index in [-0.39, 0.29) is 0 Å². The average Bonchev–Trinajstić information content (AvgIpc) is 2.19. The van der Waals surface area contributed by atoms with Crippen LogP contribution in [0, 0.1) is 0 Å². The first-order chi connectivity index (χ1) is 6.70. The van der Waals surface area contributed by atoms with Crippen molar-refractivity contribution >= 4 is 40.1 Å². The first-order valence-corrected chi connectivity index (χ1v) is 4.54. The molecule has 1 aromatic heterocycles. The Kier molecular flexibility index (Phi) is 2.41. The number of hydrogen-bond donors (Lipinski definition) is 2. The number of rotatable bonds is 1. The third kappa shape index (κ3) is 1.59. The summed E-state index contributed by atoms with van der Waals surface area (Å²) < 4.78 is 0. The molecular weight excluding hydrogens is 223 g/mol. The lowest BCUT2D eigenvalue weighted by Gasteiger charge is -2.02. The number of aromatic nitrogens is 2. The number of benzene rings is 1. The third-order valence-electron chi connectivity index (χ3n) is 1.73. The fourth-order valence-electron chi connectivity index (χ4n) is 1.08. The van der Waals surface area contributed by atoms with Crippen LogP contribution in [0.2, 0.25) is 10.0 Å². The van der Waals surface area contributed by atoms with E-state index in [1.807, 2.05) is 0 Å².